The number of ether oxygens (including phenoxy) is 3. The molecule has 0 bridgehead atoms. The number of rotatable bonds is 12. The van der Waals surface area contributed by atoms with Crippen molar-refractivity contribution in [3.63, 3.8) is 0 Å². The first-order valence-electron chi connectivity index (χ1n) is 9.14. The summed E-state index contributed by atoms with van der Waals surface area (Å²) in [6.07, 6.45) is 1.38. The van der Waals surface area contributed by atoms with Gasteiger partial charge < -0.3 is 19.1 Å². The van der Waals surface area contributed by atoms with Gasteiger partial charge >= 0.3 is 5.97 Å². The molecule has 0 saturated carbocycles. The second-order valence-corrected chi connectivity index (χ2v) is 6.23. The molecular weight excluding hydrogens is 334 g/mol. The SMILES string of the molecule is CCOc1ccc(CC(=O)N(CCCOC(C)C)CCC(=O)OC)cc1. The molecule has 1 aromatic rings. The normalized spacial score (nSPS) is 10.7. The maximum Gasteiger partial charge on any atom is 0.307 e. The molecule has 0 heterocycles. The third-order valence-electron chi connectivity index (χ3n) is 3.78. The maximum atomic E-state index is 12.7. The molecule has 0 aliphatic rings. The number of benzene rings is 1. The minimum Gasteiger partial charge on any atom is -0.494 e. The Kier molecular flexibility index (Phi) is 10.4. The van der Waals surface area contributed by atoms with Crippen molar-refractivity contribution in [2.45, 2.75) is 46.1 Å². The average molecular weight is 365 g/mol. The fourth-order valence-electron chi connectivity index (χ4n) is 2.42. The number of hydrogen-bond donors (Lipinski definition) is 0. The van der Waals surface area contributed by atoms with E-state index in [4.69, 9.17) is 9.47 Å². The van der Waals surface area contributed by atoms with Crippen molar-refractivity contribution in [3.05, 3.63) is 29.8 Å². The fraction of sp³-hybridized carbons (Fsp3) is 0.600. The lowest BCUT2D eigenvalue weighted by molar-refractivity contribution is -0.141. The molecule has 1 rings (SSSR count). The van der Waals surface area contributed by atoms with Crippen molar-refractivity contribution in [2.75, 3.05) is 33.4 Å². The van der Waals surface area contributed by atoms with Crippen LogP contribution in [-0.4, -0.2) is 56.3 Å². The smallest absolute Gasteiger partial charge is 0.307 e. The maximum absolute atomic E-state index is 12.7. The number of amides is 1. The highest BCUT2D eigenvalue weighted by Gasteiger charge is 2.16. The summed E-state index contributed by atoms with van der Waals surface area (Å²) in [6, 6.07) is 7.51. The Morgan fingerprint density at radius 2 is 1.81 bits per heavy atom. The second-order valence-electron chi connectivity index (χ2n) is 6.23. The summed E-state index contributed by atoms with van der Waals surface area (Å²) in [5.74, 6) is 0.460. The summed E-state index contributed by atoms with van der Waals surface area (Å²) in [5, 5.41) is 0. The Hall–Kier alpha value is -2.08. The molecule has 0 saturated heterocycles. The zero-order valence-electron chi connectivity index (χ0n) is 16.3. The van der Waals surface area contributed by atoms with Crippen LogP contribution in [0.5, 0.6) is 5.75 Å². The number of hydrogen-bond acceptors (Lipinski definition) is 5. The van der Waals surface area contributed by atoms with E-state index in [1.165, 1.54) is 7.11 Å². The van der Waals surface area contributed by atoms with Gasteiger partial charge in [0, 0.05) is 19.7 Å². The summed E-state index contributed by atoms with van der Waals surface area (Å²) < 4.78 is 15.6. The number of methoxy groups -OCH3 is 1. The average Bonchev–Trinajstić information content (AvgIpc) is 2.62. The fourth-order valence-corrected chi connectivity index (χ4v) is 2.42. The highest BCUT2D eigenvalue weighted by Crippen LogP contribution is 2.13. The van der Waals surface area contributed by atoms with Crippen LogP contribution < -0.4 is 4.74 Å². The van der Waals surface area contributed by atoms with Crippen LogP contribution in [0.3, 0.4) is 0 Å². The lowest BCUT2D eigenvalue weighted by atomic mass is 10.1. The summed E-state index contributed by atoms with van der Waals surface area (Å²) in [7, 11) is 1.35. The molecule has 26 heavy (non-hydrogen) atoms. The third-order valence-corrected chi connectivity index (χ3v) is 3.78. The van der Waals surface area contributed by atoms with Gasteiger partial charge in [-0.05, 0) is 44.9 Å². The minimum atomic E-state index is -0.317. The first-order valence-corrected chi connectivity index (χ1v) is 9.14. The monoisotopic (exact) mass is 365 g/mol. The van der Waals surface area contributed by atoms with E-state index in [0.717, 1.165) is 17.7 Å². The Balaban J connectivity index is 2.61. The van der Waals surface area contributed by atoms with Gasteiger partial charge in [-0.1, -0.05) is 12.1 Å². The van der Waals surface area contributed by atoms with Gasteiger partial charge in [-0.3, -0.25) is 9.59 Å². The quantitative estimate of drug-likeness (QED) is 0.421. The molecule has 0 atom stereocenters. The largest absolute Gasteiger partial charge is 0.494 e. The van der Waals surface area contributed by atoms with Crippen molar-refractivity contribution in [3.8, 4) is 5.75 Å². The van der Waals surface area contributed by atoms with Gasteiger partial charge in [0.15, 0.2) is 0 Å². The van der Waals surface area contributed by atoms with Gasteiger partial charge in [-0.15, -0.1) is 0 Å². The van der Waals surface area contributed by atoms with E-state index in [2.05, 4.69) is 4.74 Å². The van der Waals surface area contributed by atoms with Crippen LogP contribution in [0.15, 0.2) is 24.3 Å². The Morgan fingerprint density at radius 1 is 1.12 bits per heavy atom. The van der Waals surface area contributed by atoms with Gasteiger partial charge in [-0.2, -0.15) is 0 Å². The summed E-state index contributed by atoms with van der Waals surface area (Å²) in [5.41, 5.74) is 0.917. The van der Waals surface area contributed by atoms with Crippen LogP contribution in [0.4, 0.5) is 0 Å². The third kappa shape index (κ3) is 8.85. The Morgan fingerprint density at radius 3 is 2.38 bits per heavy atom. The molecule has 0 aromatic heterocycles. The van der Waals surface area contributed by atoms with Crippen LogP contribution in [0.1, 0.15) is 39.2 Å². The Bertz CT molecular complexity index is 542. The predicted octanol–water partition coefficient (Wildman–Crippen LogP) is 2.83. The van der Waals surface area contributed by atoms with Crippen LogP contribution >= 0.6 is 0 Å². The number of nitrogens with zero attached hydrogens (tertiary/aromatic N) is 1. The Labute approximate surface area is 156 Å². The molecule has 0 radical (unpaired) electrons. The van der Waals surface area contributed by atoms with Crippen LogP contribution in [0, 0.1) is 0 Å². The lowest BCUT2D eigenvalue weighted by Crippen LogP contribution is -2.35. The number of esters is 1. The lowest BCUT2D eigenvalue weighted by Gasteiger charge is -2.23. The molecule has 1 aromatic carbocycles. The standard InChI is InChI=1S/C20H31NO5/c1-5-25-18-9-7-17(8-10-18)15-19(22)21(13-11-20(23)24-4)12-6-14-26-16(2)3/h7-10,16H,5-6,11-15H2,1-4H3. The van der Waals surface area contributed by atoms with E-state index in [9.17, 15) is 9.59 Å². The van der Waals surface area contributed by atoms with Gasteiger partial charge in [-0.25, -0.2) is 0 Å². The van der Waals surface area contributed by atoms with Gasteiger partial charge in [0.05, 0.1) is 32.7 Å². The van der Waals surface area contributed by atoms with E-state index in [-0.39, 0.29) is 24.4 Å². The van der Waals surface area contributed by atoms with Crippen LogP contribution in [0.25, 0.3) is 0 Å². The molecule has 146 valence electrons. The summed E-state index contributed by atoms with van der Waals surface area (Å²) >= 11 is 0. The molecule has 0 spiro atoms. The molecule has 6 nitrogen and oxygen atoms in total. The predicted molar refractivity (Wildman–Crippen MR) is 100 cm³/mol. The van der Waals surface area contributed by atoms with E-state index in [1.54, 1.807) is 4.90 Å². The zero-order valence-corrected chi connectivity index (χ0v) is 16.3. The first kappa shape index (κ1) is 22.0. The molecule has 1 amide bonds. The molecule has 0 aliphatic carbocycles. The minimum absolute atomic E-state index is 0.0115. The highest BCUT2D eigenvalue weighted by atomic mass is 16.5. The molecular formula is C20H31NO5. The van der Waals surface area contributed by atoms with Crippen molar-refractivity contribution >= 4 is 11.9 Å². The number of carbonyl (C=O) groups is 2. The van der Waals surface area contributed by atoms with E-state index in [1.807, 2.05) is 45.0 Å². The topological polar surface area (TPSA) is 65.1 Å². The molecule has 6 heteroatoms. The van der Waals surface area contributed by atoms with Gasteiger partial charge in [0.2, 0.25) is 5.91 Å². The van der Waals surface area contributed by atoms with Crippen LogP contribution in [-0.2, 0) is 25.5 Å². The molecule has 0 fully saturated rings. The van der Waals surface area contributed by atoms with E-state index >= 15 is 0 Å². The van der Waals surface area contributed by atoms with E-state index < -0.39 is 0 Å². The molecule has 0 unspecified atom stereocenters. The highest BCUT2D eigenvalue weighted by molar-refractivity contribution is 5.79. The first-order chi connectivity index (χ1) is 12.5. The van der Waals surface area contributed by atoms with Crippen molar-refractivity contribution < 1.29 is 23.8 Å². The van der Waals surface area contributed by atoms with E-state index in [0.29, 0.717) is 32.7 Å². The van der Waals surface area contributed by atoms with Gasteiger partial charge in [0.1, 0.15) is 5.75 Å². The summed E-state index contributed by atoms with van der Waals surface area (Å²) in [6.45, 7) is 7.99. The molecule has 0 aliphatic heterocycles. The van der Waals surface area contributed by atoms with Gasteiger partial charge in [0.25, 0.3) is 0 Å². The number of carbonyl (C=O) groups excluding carboxylic acids is 2. The van der Waals surface area contributed by atoms with Crippen molar-refractivity contribution in [1.29, 1.82) is 0 Å². The summed E-state index contributed by atoms with van der Waals surface area (Å²) in [4.78, 5) is 25.8. The molecule has 0 N–H and O–H groups in total. The van der Waals surface area contributed by atoms with Crippen molar-refractivity contribution in [1.82, 2.24) is 4.90 Å². The van der Waals surface area contributed by atoms with Crippen LogP contribution in [0.2, 0.25) is 0 Å². The second kappa shape index (κ2) is 12.3. The van der Waals surface area contributed by atoms with Crippen molar-refractivity contribution in [2.24, 2.45) is 0 Å². The zero-order chi connectivity index (χ0) is 19.4.